The number of esters is 1. The van der Waals surface area contributed by atoms with Gasteiger partial charge in [-0.3, -0.25) is 0 Å². The van der Waals surface area contributed by atoms with Crippen LogP contribution in [0, 0.1) is 0 Å². The van der Waals surface area contributed by atoms with Crippen molar-refractivity contribution in [1.82, 2.24) is 0 Å². The Hall–Kier alpha value is -2.49. The van der Waals surface area contributed by atoms with E-state index in [1.165, 1.54) is 7.11 Å². The number of aromatic hydroxyl groups is 1. The molecule has 0 fully saturated rings. The summed E-state index contributed by atoms with van der Waals surface area (Å²) in [5.74, 6) is 0.702. The molecule has 0 aliphatic rings. The molecule has 0 saturated carbocycles. The van der Waals surface area contributed by atoms with Crippen LogP contribution < -0.4 is 4.74 Å². The minimum atomic E-state index is -0.456. The van der Waals surface area contributed by atoms with E-state index in [0.29, 0.717) is 23.5 Å². The van der Waals surface area contributed by atoms with Gasteiger partial charge in [0, 0.05) is 5.56 Å². The highest BCUT2D eigenvalue weighted by Gasteiger charge is 2.15. The van der Waals surface area contributed by atoms with E-state index in [-0.39, 0.29) is 5.75 Å². The van der Waals surface area contributed by atoms with Crippen molar-refractivity contribution in [1.29, 1.82) is 0 Å². The summed E-state index contributed by atoms with van der Waals surface area (Å²) < 4.78 is 10.6. The lowest BCUT2D eigenvalue weighted by molar-refractivity contribution is 0.0598. The molecule has 138 valence electrons. The average Bonchev–Trinajstić information content (AvgIpc) is 2.67. The van der Waals surface area contributed by atoms with Crippen LogP contribution in [0.2, 0.25) is 0 Å². The van der Waals surface area contributed by atoms with Gasteiger partial charge in [-0.25, -0.2) is 4.79 Å². The second-order valence-corrected chi connectivity index (χ2v) is 4.59. The van der Waals surface area contributed by atoms with Crippen molar-refractivity contribution in [2.75, 3.05) is 7.11 Å². The molecule has 0 bridgehead atoms. The SMILES string of the molecule is CC.CC.CCCc1c(O)cccc1Oc1ccccc1C(=O)OC. The molecule has 0 spiro atoms. The first-order chi connectivity index (χ1) is 12.2. The Kier molecular flexibility index (Phi) is 11.6. The summed E-state index contributed by atoms with van der Waals surface area (Å²) in [5, 5.41) is 9.95. The zero-order chi connectivity index (χ0) is 19.2. The van der Waals surface area contributed by atoms with Gasteiger partial charge in [0.1, 0.15) is 22.8 Å². The van der Waals surface area contributed by atoms with Crippen LogP contribution in [0.15, 0.2) is 42.5 Å². The Morgan fingerprint density at radius 2 is 1.56 bits per heavy atom. The molecule has 25 heavy (non-hydrogen) atoms. The highest BCUT2D eigenvalue weighted by molar-refractivity contribution is 5.92. The number of carbonyl (C=O) groups excluding carboxylic acids is 1. The van der Waals surface area contributed by atoms with Crippen LogP contribution in [0.4, 0.5) is 0 Å². The van der Waals surface area contributed by atoms with E-state index in [0.717, 1.165) is 12.0 Å². The van der Waals surface area contributed by atoms with Crippen LogP contribution in [-0.4, -0.2) is 18.2 Å². The maximum Gasteiger partial charge on any atom is 0.341 e. The molecule has 2 aromatic rings. The largest absolute Gasteiger partial charge is 0.508 e. The molecular weight excluding hydrogens is 316 g/mol. The summed E-state index contributed by atoms with van der Waals surface area (Å²) in [7, 11) is 1.33. The van der Waals surface area contributed by atoms with Gasteiger partial charge < -0.3 is 14.6 Å². The molecule has 2 rings (SSSR count). The number of methoxy groups -OCH3 is 1. The smallest absolute Gasteiger partial charge is 0.341 e. The molecule has 0 heterocycles. The van der Waals surface area contributed by atoms with Gasteiger partial charge in [-0.1, -0.05) is 59.2 Å². The fourth-order valence-electron chi connectivity index (χ4n) is 2.10. The Morgan fingerprint density at radius 3 is 2.16 bits per heavy atom. The van der Waals surface area contributed by atoms with Gasteiger partial charge in [0.2, 0.25) is 0 Å². The topological polar surface area (TPSA) is 55.8 Å². The predicted octanol–water partition coefficient (Wildman–Crippen LogP) is 5.98. The fraction of sp³-hybridized carbons (Fsp3) is 0.381. The summed E-state index contributed by atoms with van der Waals surface area (Å²) in [6.45, 7) is 10.0. The Labute approximate surface area is 151 Å². The van der Waals surface area contributed by atoms with Crippen molar-refractivity contribution >= 4 is 5.97 Å². The number of hydrogen-bond donors (Lipinski definition) is 1. The average molecular weight is 346 g/mol. The lowest BCUT2D eigenvalue weighted by atomic mass is 10.1. The number of phenols is 1. The van der Waals surface area contributed by atoms with Gasteiger partial charge in [-0.05, 0) is 30.7 Å². The minimum absolute atomic E-state index is 0.199. The van der Waals surface area contributed by atoms with Crippen LogP contribution in [0.5, 0.6) is 17.2 Å². The van der Waals surface area contributed by atoms with Crippen LogP contribution in [0.25, 0.3) is 0 Å². The summed E-state index contributed by atoms with van der Waals surface area (Å²) in [6.07, 6.45) is 1.58. The summed E-state index contributed by atoms with van der Waals surface area (Å²) in [4.78, 5) is 11.8. The third-order valence-electron chi connectivity index (χ3n) is 3.12. The minimum Gasteiger partial charge on any atom is -0.508 e. The van der Waals surface area contributed by atoms with E-state index in [2.05, 4.69) is 0 Å². The summed E-state index contributed by atoms with van der Waals surface area (Å²) >= 11 is 0. The summed E-state index contributed by atoms with van der Waals surface area (Å²) in [6, 6.07) is 12.0. The molecule has 4 nitrogen and oxygen atoms in total. The van der Waals surface area contributed by atoms with E-state index in [4.69, 9.17) is 9.47 Å². The Balaban J connectivity index is 0.00000134. The van der Waals surface area contributed by atoms with E-state index in [1.807, 2.05) is 34.6 Å². The second-order valence-electron chi connectivity index (χ2n) is 4.59. The van der Waals surface area contributed by atoms with E-state index in [1.54, 1.807) is 42.5 Å². The number of phenolic OH excluding ortho intramolecular Hbond substituents is 1. The van der Waals surface area contributed by atoms with E-state index in [9.17, 15) is 9.90 Å². The van der Waals surface area contributed by atoms with Crippen LogP contribution in [-0.2, 0) is 11.2 Å². The lowest BCUT2D eigenvalue weighted by Crippen LogP contribution is -2.04. The van der Waals surface area contributed by atoms with Crippen molar-refractivity contribution in [3.63, 3.8) is 0 Å². The molecule has 1 N–H and O–H groups in total. The first-order valence-electron chi connectivity index (χ1n) is 8.83. The maximum absolute atomic E-state index is 11.8. The second kappa shape index (κ2) is 12.9. The van der Waals surface area contributed by atoms with Crippen LogP contribution in [0.1, 0.15) is 57.0 Å². The number of para-hydroxylation sites is 1. The molecule has 0 atom stereocenters. The molecule has 2 aromatic carbocycles. The highest BCUT2D eigenvalue weighted by atomic mass is 16.5. The number of ether oxygens (including phenoxy) is 2. The highest BCUT2D eigenvalue weighted by Crippen LogP contribution is 2.33. The summed E-state index contributed by atoms with van der Waals surface area (Å²) in [5.41, 5.74) is 1.09. The van der Waals surface area contributed by atoms with Gasteiger partial charge in [0.05, 0.1) is 7.11 Å². The van der Waals surface area contributed by atoms with E-state index >= 15 is 0 Å². The van der Waals surface area contributed by atoms with Gasteiger partial charge in [0.25, 0.3) is 0 Å². The zero-order valence-corrected chi connectivity index (χ0v) is 16.1. The molecule has 0 saturated heterocycles. The maximum atomic E-state index is 11.8. The number of hydrogen-bond acceptors (Lipinski definition) is 4. The van der Waals surface area contributed by atoms with Crippen LogP contribution in [0.3, 0.4) is 0 Å². The standard InChI is InChI=1S/C17H18O4.2C2H6/c1-3-7-12-14(18)9-6-11-15(12)21-16-10-5-4-8-13(16)17(19)20-2;2*1-2/h4-6,8-11,18H,3,7H2,1-2H3;2*1-2H3. The van der Waals surface area contributed by atoms with Crippen LogP contribution >= 0.6 is 0 Å². The van der Waals surface area contributed by atoms with Crippen molar-refractivity contribution in [2.45, 2.75) is 47.5 Å². The zero-order valence-electron chi connectivity index (χ0n) is 16.1. The normalized spacial score (nSPS) is 9.04. The van der Waals surface area contributed by atoms with E-state index < -0.39 is 5.97 Å². The van der Waals surface area contributed by atoms with Gasteiger partial charge >= 0.3 is 5.97 Å². The van der Waals surface area contributed by atoms with Gasteiger partial charge in [-0.2, -0.15) is 0 Å². The molecule has 0 amide bonds. The van der Waals surface area contributed by atoms with Crippen molar-refractivity contribution in [3.05, 3.63) is 53.6 Å². The van der Waals surface area contributed by atoms with Crippen molar-refractivity contribution in [2.24, 2.45) is 0 Å². The first kappa shape index (κ1) is 22.5. The molecule has 0 aliphatic carbocycles. The number of rotatable bonds is 5. The third-order valence-corrected chi connectivity index (χ3v) is 3.12. The van der Waals surface area contributed by atoms with Gasteiger partial charge in [-0.15, -0.1) is 0 Å². The molecule has 0 aliphatic heterocycles. The quantitative estimate of drug-likeness (QED) is 0.677. The van der Waals surface area contributed by atoms with Crippen molar-refractivity contribution in [3.8, 4) is 17.2 Å². The molecule has 4 heteroatoms. The molecule has 0 radical (unpaired) electrons. The fourth-order valence-corrected chi connectivity index (χ4v) is 2.10. The lowest BCUT2D eigenvalue weighted by Gasteiger charge is -2.14. The third kappa shape index (κ3) is 6.49. The van der Waals surface area contributed by atoms with Crippen molar-refractivity contribution < 1.29 is 19.4 Å². The molecule has 0 aromatic heterocycles. The predicted molar refractivity (Wildman–Crippen MR) is 103 cm³/mol. The Bertz CT molecular complexity index is 636. The monoisotopic (exact) mass is 346 g/mol. The number of benzene rings is 2. The first-order valence-corrected chi connectivity index (χ1v) is 8.83. The Morgan fingerprint density at radius 1 is 0.960 bits per heavy atom. The molecule has 0 unspecified atom stereocenters. The van der Waals surface area contributed by atoms with Gasteiger partial charge in [0.15, 0.2) is 0 Å². The number of carbonyl (C=O) groups is 1. The molecular formula is C21H30O4.